The van der Waals surface area contributed by atoms with Gasteiger partial charge < -0.3 is 4.98 Å². The van der Waals surface area contributed by atoms with E-state index in [1.807, 2.05) is 6.07 Å². The molecule has 0 radical (unpaired) electrons. The highest BCUT2D eigenvalue weighted by Gasteiger charge is 2.24. The number of aromatic nitrogens is 4. The van der Waals surface area contributed by atoms with E-state index in [1.165, 1.54) is 11.0 Å². The Morgan fingerprint density at radius 3 is 2.87 bits per heavy atom. The van der Waals surface area contributed by atoms with E-state index in [-0.39, 0.29) is 22.0 Å². The van der Waals surface area contributed by atoms with Crippen LogP contribution in [0.4, 0.5) is 0 Å². The van der Waals surface area contributed by atoms with Gasteiger partial charge in [-0.25, -0.2) is 9.67 Å². The molecule has 1 fully saturated rings. The molecule has 0 aliphatic heterocycles. The summed E-state index contributed by atoms with van der Waals surface area (Å²) in [5.41, 5.74) is 0.541. The van der Waals surface area contributed by atoms with Crippen LogP contribution in [0.3, 0.4) is 0 Å². The number of fused-ring (bicyclic) bond motifs is 1. The molecule has 0 atom stereocenters. The number of aromatic amines is 1. The van der Waals surface area contributed by atoms with Crippen molar-refractivity contribution in [2.24, 2.45) is 5.92 Å². The molecule has 0 bridgehead atoms. The van der Waals surface area contributed by atoms with Crippen LogP contribution in [-0.4, -0.2) is 19.7 Å². The average Bonchev–Trinajstić information content (AvgIpc) is 3.34. The van der Waals surface area contributed by atoms with Crippen LogP contribution >= 0.6 is 11.6 Å². The predicted octanol–water partition coefficient (Wildman–Crippen LogP) is 2.21. The van der Waals surface area contributed by atoms with Crippen LogP contribution in [0.5, 0.6) is 0 Å². The molecule has 0 unspecified atom stereocenters. The van der Waals surface area contributed by atoms with Gasteiger partial charge in [0.1, 0.15) is 11.2 Å². The Bertz CT molecular complexity index is 1020. The van der Waals surface area contributed by atoms with Crippen molar-refractivity contribution in [3.8, 4) is 11.3 Å². The minimum atomic E-state index is -0.381. The first kappa shape index (κ1) is 14.1. The second kappa shape index (κ2) is 5.31. The summed E-state index contributed by atoms with van der Waals surface area (Å²) in [6.07, 6.45) is 3.44. The lowest BCUT2D eigenvalue weighted by molar-refractivity contribution is 0.539. The van der Waals surface area contributed by atoms with E-state index in [0.29, 0.717) is 28.7 Å². The first-order valence-corrected chi connectivity index (χ1v) is 7.76. The monoisotopic (exact) mass is 328 g/mol. The Morgan fingerprint density at radius 2 is 2.13 bits per heavy atom. The van der Waals surface area contributed by atoms with Crippen molar-refractivity contribution in [2.45, 2.75) is 19.4 Å². The van der Waals surface area contributed by atoms with Crippen molar-refractivity contribution >= 4 is 22.5 Å². The van der Waals surface area contributed by atoms with Crippen molar-refractivity contribution < 1.29 is 0 Å². The van der Waals surface area contributed by atoms with E-state index >= 15 is 0 Å². The van der Waals surface area contributed by atoms with Crippen LogP contribution in [0.1, 0.15) is 12.8 Å². The number of nitrogens with zero attached hydrogens (tertiary/aromatic N) is 3. The second-order valence-electron chi connectivity index (χ2n) is 5.74. The zero-order valence-electron chi connectivity index (χ0n) is 12.1. The molecule has 23 heavy (non-hydrogen) atoms. The maximum atomic E-state index is 12.6. The van der Waals surface area contributed by atoms with Gasteiger partial charge in [-0.1, -0.05) is 23.7 Å². The number of H-pyrrole nitrogens is 1. The molecule has 0 spiro atoms. The third-order valence-corrected chi connectivity index (χ3v) is 4.21. The van der Waals surface area contributed by atoms with Crippen molar-refractivity contribution in [1.29, 1.82) is 0 Å². The minimum Gasteiger partial charge on any atom is -0.313 e. The summed E-state index contributed by atoms with van der Waals surface area (Å²) in [5, 5.41) is 5.18. The summed E-state index contributed by atoms with van der Waals surface area (Å²) in [5.74, 6) is 0.479. The average molecular weight is 329 g/mol. The molecule has 4 rings (SSSR count). The zero-order valence-corrected chi connectivity index (χ0v) is 12.9. The summed E-state index contributed by atoms with van der Waals surface area (Å²) in [4.78, 5) is 31.4. The summed E-state index contributed by atoms with van der Waals surface area (Å²) in [6.45, 7) is 0.552. The third kappa shape index (κ3) is 2.55. The van der Waals surface area contributed by atoms with Crippen LogP contribution in [0.25, 0.3) is 22.2 Å². The smallest absolute Gasteiger partial charge is 0.293 e. The molecular weight excluding hydrogens is 316 g/mol. The van der Waals surface area contributed by atoms with Crippen LogP contribution in [-0.2, 0) is 6.54 Å². The summed E-state index contributed by atoms with van der Waals surface area (Å²) < 4.78 is 1.42. The fourth-order valence-electron chi connectivity index (χ4n) is 2.63. The molecule has 3 aromatic rings. The summed E-state index contributed by atoms with van der Waals surface area (Å²) >= 11 is 6.05. The van der Waals surface area contributed by atoms with E-state index in [2.05, 4.69) is 15.1 Å². The SMILES string of the molecule is O=c1[nH]cnc2c(=O)n(CC3CC3)nc(-c3cccc(Cl)c3)c12. The van der Waals surface area contributed by atoms with Gasteiger partial charge >= 0.3 is 0 Å². The quantitative estimate of drug-likeness (QED) is 0.799. The van der Waals surface area contributed by atoms with Crippen molar-refractivity contribution in [2.75, 3.05) is 0 Å². The zero-order chi connectivity index (χ0) is 16.0. The van der Waals surface area contributed by atoms with Gasteiger partial charge in [0.25, 0.3) is 11.1 Å². The van der Waals surface area contributed by atoms with Gasteiger partial charge in [0.2, 0.25) is 0 Å². The Labute approximate surface area is 135 Å². The molecule has 1 saturated carbocycles. The second-order valence-corrected chi connectivity index (χ2v) is 6.18. The summed E-state index contributed by atoms with van der Waals surface area (Å²) in [6, 6.07) is 7.07. The van der Waals surface area contributed by atoms with Gasteiger partial charge in [-0.3, -0.25) is 9.59 Å². The van der Waals surface area contributed by atoms with Crippen LogP contribution in [0, 0.1) is 5.92 Å². The number of benzene rings is 1. The maximum Gasteiger partial charge on any atom is 0.293 e. The van der Waals surface area contributed by atoms with E-state index < -0.39 is 0 Å². The van der Waals surface area contributed by atoms with E-state index in [4.69, 9.17) is 11.6 Å². The minimum absolute atomic E-state index is 0.138. The first-order chi connectivity index (χ1) is 11.1. The maximum absolute atomic E-state index is 12.6. The molecule has 0 saturated heterocycles. The molecular formula is C16H13ClN4O2. The molecule has 0 amide bonds. The number of hydrogen-bond acceptors (Lipinski definition) is 4. The van der Waals surface area contributed by atoms with Crippen LogP contribution < -0.4 is 11.1 Å². The van der Waals surface area contributed by atoms with Crippen molar-refractivity contribution in [3.63, 3.8) is 0 Å². The van der Waals surface area contributed by atoms with Gasteiger partial charge in [-0.15, -0.1) is 0 Å². The van der Waals surface area contributed by atoms with E-state index in [0.717, 1.165) is 12.8 Å². The molecule has 116 valence electrons. The van der Waals surface area contributed by atoms with Gasteiger partial charge in [-0.05, 0) is 30.9 Å². The molecule has 1 N–H and O–H groups in total. The first-order valence-electron chi connectivity index (χ1n) is 7.38. The summed E-state index contributed by atoms with van der Waals surface area (Å²) in [7, 11) is 0. The predicted molar refractivity (Wildman–Crippen MR) is 87.6 cm³/mol. The molecule has 2 heterocycles. The lowest BCUT2D eigenvalue weighted by Gasteiger charge is -2.10. The highest BCUT2D eigenvalue weighted by molar-refractivity contribution is 6.30. The fourth-order valence-corrected chi connectivity index (χ4v) is 2.82. The normalized spacial score (nSPS) is 14.3. The number of nitrogens with one attached hydrogen (secondary N) is 1. The Kier molecular flexibility index (Phi) is 3.27. The molecule has 6 nitrogen and oxygen atoms in total. The number of halogens is 1. The third-order valence-electron chi connectivity index (χ3n) is 3.97. The Balaban J connectivity index is 2.06. The standard InChI is InChI=1S/C16H13ClN4O2/c17-11-3-1-2-10(6-11)13-12-14(18-8-19-15(12)22)16(23)21(20-13)7-9-4-5-9/h1-3,6,8-9H,4-5,7H2,(H,18,19,22). The van der Waals surface area contributed by atoms with Gasteiger partial charge in [0.05, 0.1) is 11.7 Å². The van der Waals surface area contributed by atoms with E-state index in [9.17, 15) is 9.59 Å². The molecule has 1 aliphatic carbocycles. The van der Waals surface area contributed by atoms with Gasteiger partial charge in [0.15, 0.2) is 0 Å². The Hall–Kier alpha value is -2.47. The number of hydrogen-bond donors (Lipinski definition) is 1. The topological polar surface area (TPSA) is 80.6 Å². The van der Waals surface area contributed by atoms with Crippen molar-refractivity contribution in [3.05, 3.63) is 56.3 Å². The molecule has 1 aromatic carbocycles. The van der Waals surface area contributed by atoms with Crippen LogP contribution in [0.15, 0.2) is 40.2 Å². The number of rotatable bonds is 3. The van der Waals surface area contributed by atoms with Crippen molar-refractivity contribution in [1.82, 2.24) is 19.7 Å². The highest BCUT2D eigenvalue weighted by Crippen LogP contribution is 2.30. The molecule has 1 aliphatic rings. The van der Waals surface area contributed by atoms with Gasteiger partial charge in [0, 0.05) is 17.1 Å². The molecule has 2 aromatic heterocycles. The van der Waals surface area contributed by atoms with Gasteiger partial charge in [-0.2, -0.15) is 5.10 Å². The van der Waals surface area contributed by atoms with E-state index in [1.54, 1.807) is 18.2 Å². The van der Waals surface area contributed by atoms with Crippen LogP contribution in [0.2, 0.25) is 5.02 Å². The largest absolute Gasteiger partial charge is 0.313 e. The lowest BCUT2D eigenvalue weighted by atomic mass is 10.1. The fraction of sp³-hybridized carbons (Fsp3) is 0.250. The molecule has 7 heteroatoms. The Morgan fingerprint density at radius 1 is 1.30 bits per heavy atom. The highest BCUT2D eigenvalue weighted by atomic mass is 35.5. The lowest BCUT2D eigenvalue weighted by Crippen LogP contribution is -2.28.